The van der Waals surface area contributed by atoms with Gasteiger partial charge in [-0.3, -0.25) is 9.59 Å². The van der Waals surface area contributed by atoms with Crippen LogP contribution in [-0.2, 0) is 4.79 Å². The fourth-order valence-electron chi connectivity index (χ4n) is 2.19. The molecule has 22 heavy (non-hydrogen) atoms. The zero-order valence-electron chi connectivity index (χ0n) is 11.8. The molecule has 0 fully saturated rings. The van der Waals surface area contributed by atoms with Gasteiger partial charge < -0.3 is 21.1 Å². The summed E-state index contributed by atoms with van der Waals surface area (Å²) >= 11 is 0. The SMILES string of the molecule is Nc1ccc(NC(=O)c2cccc3c2OCCC(=O)N3)cc1. The summed E-state index contributed by atoms with van der Waals surface area (Å²) in [6.07, 6.45) is 0.258. The average molecular weight is 297 g/mol. The first-order chi connectivity index (χ1) is 10.6. The highest BCUT2D eigenvalue weighted by molar-refractivity contribution is 6.08. The van der Waals surface area contributed by atoms with Gasteiger partial charge in [-0.25, -0.2) is 0 Å². The van der Waals surface area contributed by atoms with Gasteiger partial charge in [0.1, 0.15) is 0 Å². The maximum atomic E-state index is 12.4. The fourth-order valence-corrected chi connectivity index (χ4v) is 2.19. The molecular weight excluding hydrogens is 282 g/mol. The molecule has 112 valence electrons. The molecule has 0 bridgehead atoms. The molecule has 1 heterocycles. The smallest absolute Gasteiger partial charge is 0.259 e. The topological polar surface area (TPSA) is 93.4 Å². The molecule has 6 nitrogen and oxygen atoms in total. The van der Waals surface area contributed by atoms with Crippen LogP contribution in [0.25, 0.3) is 0 Å². The van der Waals surface area contributed by atoms with Crippen LogP contribution in [0.15, 0.2) is 42.5 Å². The van der Waals surface area contributed by atoms with Crippen molar-refractivity contribution in [2.24, 2.45) is 0 Å². The lowest BCUT2D eigenvalue weighted by Gasteiger charge is -2.12. The van der Waals surface area contributed by atoms with Crippen molar-refractivity contribution >= 4 is 28.9 Å². The van der Waals surface area contributed by atoms with Gasteiger partial charge in [0.15, 0.2) is 5.75 Å². The molecule has 0 saturated carbocycles. The summed E-state index contributed by atoms with van der Waals surface area (Å²) in [5.41, 5.74) is 7.75. The molecule has 1 aliphatic rings. The molecule has 0 spiro atoms. The van der Waals surface area contributed by atoms with Crippen molar-refractivity contribution in [2.75, 3.05) is 23.0 Å². The van der Waals surface area contributed by atoms with E-state index in [1.807, 2.05) is 0 Å². The van der Waals surface area contributed by atoms with Crippen LogP contribution < -0.4 is 21.1 Å². The fraction of sp³-hybridized carbons (Fsp3) is 0.125. The Morgan fingerprint density at radius 3 is 2.73 bits per heavy atom. The number of nitrogens with one attached hydrogen (secondary N) is 2. The zero-order chi connectivity index (χ0) is 15.5. The summed E-state index contributed by atoms with van der Waals surface area (Å²) in [7, 11) is 0. The number of anilines is 3. The summed E-state index contributed by atoms with van der Waals surface area (Å²) in [6.45, 7) is 0.241. The Hall–Kier alpha value is -3.02. The van der Waals surface area contributed by atoms with Crippen molar-refractivity contribution in [2.45, 2.75) is 6.42 Å². The number of nitrogen functional groups attached to an aromatic ring is 1. The Balaban J connectivity index is 1.88. The number of carbonyl (C=O) groups excluding carboxylic acids is 2. The zero-order valence-corrected chi connectivity index (χ0v) is 11.8. The monoisotopic (exact) mass is 297 g/mol. The van der Waals surface area contributed by atoms with Crippen molar-refractivity contribution in [3.8, 4) is 5.75 Å². The van der Waals surface area contributed by atoms with Gasteiger partial charge in [-0.15, -0.1) is 0 Å². The first-order valence-electron chi connectivity index (χ1n) is 6.86. The standard InChI is InChI=1S/C16H15N3O3/c17-10-4-6-11(7-5-10)18-16(21)12-2-1-3-13-15(12)22-9-8-14(20)19-13/h1-7H,8-9,17H2,(H,18,21)(H,19,20). The highest BCUT2D eigenvalue weighted by Gasteiger charge is 2.20. The van der Waals surface area contributed by atoms with E-state index in [9.17, 15) is 9.59 Å². The van der Waals surface area contributed by atoms with E-state index in [1.54, 1.807) is 42.5 Å². The normalized spacial score (nSPS) is 13.4. The van der Waals surface area contributed by atoms with Crippen molar-refractivity contribution in [3.63, 3.8) is 0 Å². The molecule has 3 rings (SSSR count). The van der Waals surface area contributed by atoms with Gasteiger partial charge in [-0.2, -0.15) is 0 Å². The first-order valence-corrected chi connectivity index (χ1v) is 6.86. The maximum Gasteiger partial charge on any atom is 0.259 e. The van der Waals surface area contributed by atoms with E-state index in [1.165, 1.54) is 0 Å². The number of amides is 2. The van der Waals surface area contributed by atoms with E-state index in [0.29, 0.717) is 28.4 Å². The summed E-state index contributed by atoms with van der Waals surface area (Å²) in [6, 6.07) is 11.9. The van der Waals surface area contributed by atoms with Crippen LogP contribution in [0, 0.1) is 0 Å². The predicted molar refractivity (Wildman–Crippen MR) is 84.0 cm³/mol. The van der Waals surface area contributed by atoms with Crippen LogP contribution in [0.5, 0.6) is 5.75 Å². The molecule has 2 amide bonds. The molecule has 0 atom stereocenters. The minimum atomic E-state index is -0.308. The van der Waals surface area contributed by atoms with Gasteiger partial charge in [0, 0.05) is 11.4 Å². The number of nitrogens with two attached hydrogens (primary N) is 1. The first kappa shape index (κ1) is 13.9. The number of benzene rings is 2. The lowest BCUT2D eigenvalue weighted by atomic mass is 10.1. The Labute approximate surface area is 127 Å². The Bertz CT molecular complexity index is 726. The van der Waals surface area contributed by atoms with Gasteiger partial charge >= 0.3 is 0 Å². The van der Waals surface area contributed by atoms with Gasteiger partial charge in [-0.1, -0.05) is 6.07 Å². The van der Waals surface area contributed by atoms with Crippen LogP contribution in [0.4, 0.5) is 17.1 Å². The summed E-state index contributed by atoms with van der Waals surface area (Å²) in [4.78, 5) is 24.0. The second kappa shape index (κ2) is 5.77. The lowest BCUT2D eigenvalue weighted by Crippen LogP contribution is -2.14. The van der Waals surface area contributed by atoms with Crippen LogP contribution in [0.3, 0.4) is 0 Å². The molecule has 0 saturated heterocycles. The third-order valence-electron chi connectivity index (χ3n) is 3.28. The van der Waals surface area contributed by atoms with E-state index in [4.69, 9.17) is 10.5 Å². The van der Waals surface area contributed by atoms with E-state index < -0.39 is 0 Å². The molecular formula is C16H15N3O3. The number of rotatable bonds is 2. The largest absolute Gasteiger partial charge is 0.490 e. The Kier molecular flexibility index (Phi) is 3.65. The quantitative estimate of drug-likeness (QED) is 0.741. The molecule has 4 N–H and O–H groups in total. The maximum absolute atomic E-state index is 12.4. The van der Waals surface area contributed by atoms with Gasteiger partial charge in [0.2, 0.25) is 5.91 Å². The predicted octanol–water partition coefficient (Wildman–Crippen LogP) is 2.24. The number of carbonyl (C=O) groups is 2. The Morgan fingerprint density at radius 1 is 1.18 bits per heavy atom. The summed E-state index contributed by atoms with van der Waals surface area (Å²) in [5.74, 6) is -0.0473. The third-order valence-corrected chi connectivity index (χ3v) is 3.28. The average Bonchev–Trinajstić information content (AvgIpc) is 2.69. The molecule has 0 unspecified atom stereocenters. The van der Waals surface area contributed by atoms with E-state index in [0.717, 1.165) is 0 Å². The van der Waals surface area contributed by atoms with Crippen LogP contribution >= 0.6 is 0 Å². The molecule has 2 aromatic carbocycles. The number of para-hydroxylation sites is 1. The third kappa shape index (κ3) is 2.85. The number of ether oxygens (including phenoxy) is 1. The minimum absolute atomic E-state index is 0.130. The molecule has 1 aliphatic heterocycles. The number of fused-ring (bicyclic) bond motifs is 1. The van der Waals surface area contributed by atoms with Gasteiger partial charge in [0.05, 0.1) is 24.3 Å². The molecule has 0 aromatic heterocycles. The van der Waals surface area contributed by atoms with Gasteiger partial charge in [-0.05, 0) is 36.4 Å². The molecule has 2 aromatic rings. The summed E-state index contributed by atoms with van der Waals surface area (Å²) in [5, 5.41) is 5.51. The highest BCUT2D eigenvalue weighted by Crippen LogP contribution is 2.31. The van der Waals surface area contributed by atoms with Gasteiger partial charge in [0.25, 0.3) is 5.91 Å². The van der Waals surface area contributed by atoms with E-state index >= 15 is 0 Å². The van der Waals surface area contributed by atoms with Crippen molar-refractivity contribution < 1.29 is 14.3 Å². The highest BCUT2D eigenvalue weighted by atomic mass is 16.5. The second-order valence-electron chi connectivity index (χ2n) is 4.91. The van der Waals surface area contributed by atoms with Crippen LogP contribution in [-0.4, -0.2) is 18.4 Å². The van der Waals surface area contributed by atoms with E-state index in [2.05, 4.69) is 10.6 Å². The minimum Gasteiger partial charge on any atom is -0.490 e. The number of hydrogen-bond acceptors (Lipinski definition) is 4. The molecule has 0 radical (unpaired) electrons. The van der Waals surface area contributed by atoms with Crippen LogP contribution in [0.1, 0.15) is 16.8 Å². The molecule has 0 aliphatic carbocycles. The number of hydrogen-bond donors (Lipinski definition) is 3. The van der Waals surface area contributed by atoms with Crippen molar-refractivity contribution in [1.29, 1.82) is 0 Å². The van der Waals surface area contributed by atoms with E-state index in [-0.39, 0.29) is 24.8 Å². The Morgan fingerprint density at radius 2 is 1.95 bits per heavy atom. The lowest BCUT2D eigenvalue weighted by molar-refractivity contribution is -0.116. The van der Waals surface area contributed by atoms with Crippen molar-refractivity contribution in [1.82, 2.24) is 0 Å². The van der Waals surface area contributed by atoms with Crippen molar-refractivity contribution in [3.05, 3.63) is 48.0 Å². The van der Waals surface area contributed by atoms with Crippen LogP contribution in [0.2, 0.25) is 0 Å². The molecule has 6 heteroatoms. The summed E-state index contributed by atoms with van der Waals surface area (Å²) < 4.78 is 5.56. The second-order valence-corrected chi connectivity index (χ2v) is 4.91.